The van der Waals surface area contributed by atoms with E-state index in [2.05, 4.69) is 5.32 Å². The van der Waals surface area contributed by atoms with Gasteiger partial charge in [-0.15, -0.1) is 0 Å². The number of rotatable bonds is 4. The van der Waals surface area contributed by atoms with Crippen molar-refractivity contribution in [3.63, 3.8) is 0 Å². The van der Waals surface area contributed by atoms with Gasteiger partial charge in [-0.2, -0.15) is 0 Å². The minimum Gasteiger partial charge on any atom is -0.478 e. The zero-order valence-electron chi connectivity index (χ0n) is 11.6. The third kappa shape index (κ3) is 3.17. The maximum atomic E-state index is 12.1. The molecular formula is C15H20N2O3. The summed E-state index contributed by atoms with van der Waals surface area (Å²) in [7, 11) is 0. The van der Waals surface area contributed by atoms with E-state index in [1.165, 1.54) is 6.07 Å². The predicted octanol–water partition coefficient (Wildman–Crippen LogP) is 2.29. The van der Waals surface area contributed by atoms with Crippen LogP contribution in [0.5, 0.6) is 0 Å². The van der Waals surface area contributed by atoms with Crippen LogP contribution in [0, 0.1) is 6.92 Å². The molecule has 108 valence electrons. The van der Waals surface area contributed by atoms with E-state index in [0.717, 1.165) is 25.7 Å². The number of carbonyl (C=O) groups is 2. The Hall–Kier alpha value is -1.88. The van der Waals surface area contributed by atoms with Crippen LogP contribution in [0.3, 0.4) is 0 Å². The van der Waals surface area contributed by atoms with Gasteiger partial charge in [-0.25, -0.2) is 4.79 Å². The second-order valence-electron chi connectivity index (χ2n) is 5.58. The van der Waals surface area contributed by atoms with E-state index in [-0.39, 0.29) is 17.9 Å². The maximum Gasteiger partial charge on any atom is 0.336 e. The van der Waals surface area contributed by atoms with Crippen LogP contribution in [0.1, 0.15) is 48.0 Å². The largest absolute Gasteiger partial charge is 0.478 e. The predicted molar refractivity (Wildman–Crippen MR) is 76.8 cm³/mol. The first kappa shape index (κ1) is 14.5. The quantitative estimate of drug-likeness (QED) is 0.786. The lowest BCUT2D eigenvalue weighted by molar-refractivity contribution is -0.117. The number of amides is 1. The Bertz CT molecular complexity index is 534. The number of anilines is 1. The van der Waals surface area contributed by atoms with Crippen molar-refractivity contribution in [3.8, 4) is 0 Å². The van der Waals surface area contributed by atoms with Gasteiger partial charge in [-0.3, -0.25) is 4.79 Å². The van der Waals surface area contributed by atoms with Gasteiger partial charge in [-0.05, 0) is 37.5 Å². The van der Waals surface area contributed by atoms with Gasteiger partial charge in [0.25, 0.3) is 0 Å². The first-order valence-corrected chi connectivity index (χ1v) is 6.83. The van der Waals surface area contributed by atoms with Crippen LogP contribution in [-0.2, 0) is 4.79 Å². The Morgan fingerprint density at radius 3 is 2.60 bits per heavy atom. The van der Waals surface area contributed by atoms with Crippen molar-refractivity contribution in [1.82, 2.24) is 0 Å². The van der Waals surface area contributed by atoms with Crippen LogP contribution >= 0.6 is 0 Å². The average Bonchev–Trinajstić information content (AvgIpc) is 2.77. The molecule has 0 radical (unpaired) electrons. The number of carbonyl (C=O) groups excluding carboxylic acids is 1. The molecule has 4 N–H and O–H groups in total. The number of hydrogen-bond donors (Lipinski definition) is 3. The van der Waals surface area contributed by atoms with Gasteiger partial charge in [0.15, 0.2) is 0 Å². The molecular weight excluding hydrogens is 256 g/mol. The first-order valence-electron chi connectivity index (χ1n) is 6.83. The molecule has 0 spiro atoms. The Morgan fingerprint density at radius 1 is 1.35 bits per heavy atom. The van der Waals surface area contributed by atoms with E-state index < -0.39 is 11.5 Å². The molecule has 20 heavy (non-hydrogen) atoms. The highest BCUT2D eigenvalue weighted by Gasteiger charge is 2.31. The fourth-order valence-corrected chi connectivity index (χ4v) is 2.77. The van der Waals surface area contributed by atoms with Gasteiger partial charge in [0.2, 0.25) is 5.91 Å². The van der Waals surface area contributed by atoms with Crippen molar-refractivity contribution in [2.24, 2.45) is 5.73 Å². The number of aromatic carboxylic acids is 1. The number of hydrogen-bond acceptors (Lipinski definition) is 3. The van der Waals surface area contributed by atoms with E-state index in [0.29, 0.717) is 11.3 Å². The molecule has 0 bridgehead atoms. The van der Waals surface area contributed by atoms with Crippen molar-refractivity contribution in [2.45, 2.75) is 44.6 Å². The minimum absolute atomic E-state index is 0.153. The highest BCUT2D eigenvalue weighted by Crippen LogP contribution is 2.30. The van der Waals surface area contributed by atoms with Gasteiger partial charge in [-0.1, -0.05) is 18.9 Å². The van der Waals surface area contributed by atoms with E-state index >= 15 is 0 Å². The van der Waals surface area contributed by atoms with Gasteiger partial charge in [0, 0.05) is 17.6 Å². The number of carboxylic acid groups (broad SMARTS) is 1. The monoisotopic (exact) mass is 276 g/mol. The third-order valence-corrected chi connectivity index (χ3v) is 3.95. The second-order valence-corrected chi connectivity index (χ2v) is 5.58. The molecule has 1 aromatic rings. The highest BCUT2D eigenvalue weighted by molar-refractivity contribution is 5.96. The van der Waals surface area contributed by atoms with Crippen LogP contribution in [0.25, 0.3) is 0 Å². The second kappa shape index (κ2) is 5.63. The highest BCUT2D eigenvalue weighted by atomic mass is 16.4. The number of carboxylic acids is 1. The topological polar surface area (TPSA) is 92.4 Å². The molecule has 1 aromatic carbocycles. The van der Waals surface area contributed by atoms with Crippen molar-refractivity contribution < 1.29 is 14.7 Å². The Balaban J connectivity index is 2.08. The lowest BCUT2D eigenvalue weighted by Gasteiger charge is -2.23. The molecule has 1 fully saturated rings. The zero-order chi connectivity index (χ0) is 14.8. The summed E-state index contributed by atoms with van der Waals surface area (Å²) in [5.41, 5.74) is 7.07. The fraction of sp³-hybridized carbons (Fsp3) is 0.467. The van der Waals surface area contributed by atoms with E-state index in [1.807, 2.05) is 0 Å². The molecule has 0 aliphatic heterocycles. The average molecular weight is 276 g/mol. The van der Waals surface area contributed by atoms with E-state index in [9.17, 15) is 9.59 Å². The van der Waals surface area contributed by atoms with E-state index in [4.69, 9.17) is 10.8 Å². The van der Waals surface area contributed by atoms with Crippen molar-refractivity contribution in [2.75, 3.05) is 5.32 Å². The van der Waals surface area contributed by atoms with Gasteiger partial charge < -0.3 is 16.2 Å². The third-order valence-electron chi connectivity index (χ3n) is 3.95. The Labute approximate surface area is 118 Å². The van der Waals surface area contributed by atoms with Crippen molar-refractivity contribution in [1.29, 1.82) is 0 Å². The number of benzene rings is 1. The van der Waals surface area contributed by atoms with Crippen molar-refractivity contribution in [3.05, 3.63) is 29.3 Å². The summed E-state index contributed by atoms with van der Waals surface area (Å²) in [6.07, 6.45) is 4.15. The molecule has 5 nitrogen and oxygen atoms in total. The molecule has 0 atom stereocenters. The van der Waals surface area contributed by atoms with E-state index in [1.54, 1.807) is 19.1 Å². The van der Waals surface area contributed by atoms with Gasteiger partial charge >= 0.3 is 5.97 Å². The molecule has 0 aromatic heterocycles. The molecule has 1 aliphatic rings. The summed E-state index contributed by atoms with van der Waals surface area (Å²) in [6, 6.07) is 4.85. The summed E-state index contributed by atoms with van der Waals surface area (Å²) in [5, 5.41) is 11.8. The number of nitrogens with one attached hydrogen (secondary N) is 1. The molecule has 0 saturated heterocycles. The first-order chi connectivity index (χ1) is 9.41. The molecule has 0 unspecified atom stereocenters. The summed E-state index contributed by atoms with van der Waals surface area (Å²) < 4.78 is 0. The van der Waals surface area contributed by atoms with Crippen LogP contribution in [0.2, 0.25) is 0 Å². The number of nitrogens with two attached hydrogens (primary N) is 1. The molecule has 2 rings (SSSR count). The maximum absolute atomic E-state index is 12.1. The Morgan fingerprint density at radius 2 is 2.00 bits per heavy atom. The lowest BCUT2D eigenvalue weighted by Crippen LogP contribution is -2.40. The summed E-state index contributed by atoms with van der Waals surface area (Å²) in [5.74, 6) is -1.15. The normalized spacial score (nSPS) is 16.9. The summed E-state index contributed by atoms with van der Waals surface area (Å²) in [4.78, 5) is 23.1. The van der Waals surface area contributed by atoms with Crippen LogP contribution in [-0.4, -0.2) is 22.5 Å². The molecule has 0 heterocycles. The van der Waals surface area contributed by atoms with Gasteiger partial charge in [0.1, 0.15) is 0 Å². The molecule has 1 amide bonds. The smallest absolute Gasteiger partial charge is 0.336 e. The summed E-state index contributed by atoms with van der Waals surface area (Å²) >= 11 is 0. The fourth-order valence-electron chi connectivity index (χ4n) is 2.77. The minimum atomic E-state index is -0.996. The van der Waals surface area contributed by atoms with Gasteiger partial charge in [0.05, 0.1) is 5.56 Å². The summed E-state index contributed by atoms with van der Waals surface area (Å²) in [6.45, 7) is 1.69. The zero-order valence-corrected chi connectivity index (χ0v) is 11.6. The molecule has 5 heteroatoms. The Kier molecular flexibility index (Phi) is 4.09. The van der Waals surface area contributed by atoms with Crippen molar-refractivity contribution >= 4 is 17.6 Å². The van der Waals surface area contributed by atoms with Crippen LogP contribution in [0.4, 0.5) is 5.69 Å². The lowest BCUT2D eigenvalue weighted by atomic mass is 9.94. The molecule has 1 saturated carbocycles. The standard InChI is InChI=1S/C15H20N2O3/c1-10-11(14(19)20)5-4-6-12(10)17-13(18)9-15(16)7-2-3-8-15/h4-6H,2-3,7-9,16H2,1H3,(H,17,18)(H,19,20). The van der Waals surface area contributed by atoms with Crippen LogP contribution in [0.15, 0.2) is 18.2 Å². The SMILES string of the molecule is Cc1c(NC(=O)CC2(N)CCCC2)cccc1C(=O)O. The molecule has 1 aliphatic carbocycles. The van der Waals surface area contributed by atoms with Crippen LogP contribution < -0.4 is 11.1 Å².